The molecule has 2 aromatic carbocycles. The molecule has 3 aromatic rings. The van der Waals surface area contributed by atoms with Crippen LogP contribution in [-0.2, 0) is 11.3 Å². The highest BCUT2D eigenvalue weighted by Crippen LogP contribution is 2.30. The van der Waals surface area contributed by atoms with Crippen LogP contribution >= 0.6 is 11.6 Å². The minimum absolute atomic E-state index is 0.0717. The highest BCUT2D eigenvalue weighted by Gasteiger charge is 2.12. The fourth-order valence-electron chi connectivity index (χ4n) is 2.48. The van der Waals surface area contributed by atoms with Crippen molar-refractivity contribution in [1.82, 2.24) is 20.2 Å². The van der Waals surface area contributed by atoms with Gasteiger partial charge < -0.3 is 14.8 Å². The lowest BCUT2D eigenvalue weighted by Gasteiger charge is -2.12. The Kier molecular flexibility index (Phi) is 6.44. The molecule has 0 unspecified atom stereocenters. The van der Waals surface area contributed by atoms with E-state index in [9.17, 15) is 4.79 Å². The quantitative estimate of drug-likeness (QED) is 0.621. The van der Waals surface area contributed by atoms with E-state index in [4.69, 9.17) is 21.1 Å². The van der Waals surface area contributed by atoms with E-state index >= 15 is 0 Å². The Labute approximate surface area is 167 Å². The first-order valence-electron chi connectivity index (χ1n) is 8.82. The highest BCUT2D eigenvalue weighted by molar-refractivity contribution is 6.30. The number of carbonyl (C=O) groups is 1. The Hall–Kier alpha value is -3.13. The third kappa shape index (κ3) is 4.98. The molecule has 0 saturated carbocycles. The van der Waals surface area contributed by atoms with E-state index in [-0.39, 0.29) is 12.5 Å². The number of benzene rings is 2. The molecular formula is C19H20ClN5O3. The fraction of sp³-hybridized carbons (Fsp3) is 0.263. The van der Waals surface area contributed by atoms with E-state index in [1.165, 1.54) is 4.80 Å². The predicted molar refractivity (Wildman–Crippen MR) is 106 cm³/mol. The number of anilines is 1. The lowest BCUT2D eigenvalue weighted by molar-refractivity contribution is -0.117. The van der Waals surface area contributed by atoms with Gasteiger partial charge in [-0.1, -0.05) is 11.6 Å². The van der Waals surface area contributed by atoms with Gasteiger partial charge in [-0.15, -0.1) is 10.2 Å². The smallest absolute Gasteiger partial charge is 0.248 e. The van der Waals surface area contributed by atoms with Gasteiger partial charge in [0, 0.05) is 22.3 Å². The first-order valence-corrected chi connectivity index (χ1v) is 9.20. The molecule has 0 bridgehead atoms. The van der Waals surface area contributed by atoms with Gasteiger partial charge in [0.25, 0.3) is 0 Å². The average Bonchev–Trinajstić information content (AvgIpc) is 3.13. The Morgan fingerprint density at radius 2 is 1.79 bits per heavy atom. The van der Waals surface area contributed by atoms with Crippen LogP contribution in [0.5, 0.6) is 11.5 Å². The van der Waals surface area contributed by atoms with Crippen LogP contribution in [0.3, 0.4) is 0 Å². The number of ether oxygens (including phenoxy) is 2. The summed E-state index contributed by atoms with van der Waals surface area (Å²) in [5.74, 6) is 1.34. The fourth-order valence-corrected chi connectivity index (χ4v) is 2.61. The van der Waals surface area contributed by atoms with Crippen molar-refractivity contribution >= 4 is 23.2 Å². The summed E-state index contributed by atoms with van der Waals surface area (Å²) in [6.45, 7) is 4.73. The normalized spacial score (nSPS) is 10.5. The van der Waals surface area contributed by atoms with Crippen LogP contribution < -0.4 is 14.8 Å². The summed E-state index contributed by atoms with van der Waals surface area (Å²) < 4.78 is 11.1. The number of hydrogen-bond donors (Lipinski definition) is 1. The lowest BCUT2D eigenvalue weighted by Crippen LogP contribution is -2.20. The zero-order valence-corrected chi connectivity index (χ0v) is 16.3. The van der Waals surface area contributed by atoms with E-state index in [1.54, 1.807) is 42.5 Å². The maximum absolute atomic E-state index is 12.3. The number of nitrogens with zero attached hydrogens (tertiary/aromatic N) is 4. The molecule has 0 atom stereocenters. The van der Waals surface area contributed by atoms with Crippen LogP contribution in [-0.4, -0.2) is 39.3 Å². The van der Waals surface area contributed by atoms with Gasteiger partial charge in [-0.05, 0) is 55.5 Å². The monoisotopic (exact) mass is 401 g/mol. The SMILES string of the molecule is CCOc1ccc(NC(=O)Cn2nnc(-c3ccc(Cl)cc3)n2)cc1OCC. The summed E-state index contributed by atoms with van der Waals surface area (Å²) in [7, 11) is 0. The first kappa shape index (κ1) is 19.6. The largest absolute Gasteiger partial charge is 0.490 e. The van der Waals surface area contributed by atoms with Crippen molar-refractivity contribution in [2.45, 2.75) is 20.4 Å². The van der Waals surface area contributed by atoms with Crippen molar-refractivity contribution in [3.63, 3.8) is 0 Å². The van der Waals surface area contributed by atoms with Crippen molar-refractivity contribution in [3.8, 4) is 22.9 Å². The number of tetrazole rings is 1. The molecular weight excluding hydrogens is 382 g/mol. The number of amides is 1. The van der Waals surface area contributed by atoms with Crippen molar-refractivity contribution < 1.29 is 14.3 Å². The zero-order valence-electron chi connectivity index (χ0n) is 15.6. The third-order valence-corrected chi connectivity index (χ3v) is 3.92. The van der Waals surface area contributed by atoms with Crippen molar-refractivity contribution in [3.05, 3.63) is 47.5 Å². The molecule has 0 fully saturated rings. The molecule has 0 aliphatic heterocycles. The van der Waals surface area contributed by atoms with Crippen LogP contribution in [0.15, 0.2) is 42.5 Å². The van der Waals surface area contributed by atoms with E-state index in [0.29, 0.717) is 41.2 Å². The number of nitrogens with one attached hydrogen (secondary N) is 1. The molecule has 9 heteroatoms. The number of hydrogen-bond acceptors (Lipinski definition) is 6. The summed E-state index contributed by atoms with van der Waals surface area (Å²) in [5.41, 5.74) is 1.36. The van der Waals surface area contributed by atoms with E-state index in [2.05, 4.69) is 20.7 Å². The van der Waals surface area contributed by atoms with Gasteiger partial charge in [-0.2, -0.15) is 4.80 Å². The molecule has 0 spiro atoms. The topological polar surface area (TPSA) is 91.2 Å². The Bertz CT molecular complexity index is 943. The first-order chi connectivity index (χ1) is 13.6. The van der Waals surface area contributed by atoms with Crippen LogP contribution in [0.2, 0.25) is 5.02 Å². The van der Waals surface area contributed by atoms with Crippen LogP contribution in [0.4, 0.5) is 5.69 Å². The van der Waals surface area contributed by atoms with Gasteiger partial charge >= 0.3 is 0 Å². The Balaban J connectivity index is 1.65. The molecule has 0 saturated heterocycles. The van der Waals surface area contributed by atoms with Gasteiger partial charge in [0.2, 0.25) is 11.7 Å². The van der Waals surface area contributed by atoms with Crippen LogP contribution in [0, 0.1) is 0 Å². The Morgan fingerprint density at radius 3 is 2.50 bits per heavy atom. The molecule has 146 valence electrons. The highest BCUT2D eigenvalue weighted by atomic mass is 35.5. The number of aromatic nitrogens is 4. The van der Waals surface area contributed by atoms with Gasteiger partial charge in [0.1, 0.15) is 6.54 Å². The van der Waals surface area contributed by atoms with Crippen molar-refractivity contribution in [2.75, 3.05) is 18.5 Å². The molecule has 8 nitrogen and oxygen atoms in total. The molecule has 1 amide bonds. The molecule has 0 radical (unpaired) electrons. The van der Waals surface area contributed by atoms with Crippen molar-refractivity contribution in [2.24, 2.45) is 0 Å². The lowest BCUT2D eigenvalue weighted by atomic mass is 10.2. The second-order valence-corrected chi connectivity index (χ2v) is 6.16. The van der Waals surface area contributed by atoms with Crippen LogP contribution in [0.1, 0.15) is 13.8 Å². The predicted octanol–water partition coefficient (Wildman–Crippen LogP) is 3.43. The summed E-state index contributed by atoms with van der Waals surface area (Å²) in [5, 5.41) is 15.5. The second-order valence-electron chi connectivity index (χ2n) is 5.73. The van der Waals surface area contributed by atoms with Gasteiger partial charge in [0.05, 0.1) is 13.2 Å². The number of rotatable bonds is 8. The zero-order chi connectivity index (χ0) is 19.9. The van der Waals surface area contributed by atoms with Gasteiger partial charge in [-0.3, -0.25) is 4.79 Å². The summed E-state index contributed by atoms with van der Waals surface area (Å²) in [6.07, 6.45) is 0. The maximum Gasteiger partial charge on any atom is 0.248 e. The summed E-state index contributed by atoms with van der Waals surface area (Å²) >= 11 is 5.88. The minimum atomic E-state index is -0.285. The van der Waals surface area contributed by atoms with E-state index < -0.39 is 0 Å². The summed E-state index contributed by atoms with van der Waals surface area (Å²) in [4.78, 5) is 13.6. The Morgan fingerprint density at radius 1 is 1.07 bits per heavy atom. The van der Waals surface area contributed by atoms with Crippen LogP contribution in [0.25, 0.3) is 11.4 Å². The molecule has 1 aromatic heterocycles. The second kappa shape index (κ2) is 9.18. The third-order valence-electron chi connectivity index (χ3n) is 3.67. The summed E-state index contributed by atoms with van der Waals surface area (Å²) in [6, 6.07) is 12.3. The minimum Gasteiger partial charge on any atom is -0.490 e. The number of carbonyl (C=O) groups excluding carboxylic acids is 1. The molecule has 3 rings (SSSR count). The standard InChI is InChI=1S/C19H20ClN5O3/c1-3-27-16-10-9-15(11-17(16)28-4-2)21-18(26)12-25-23-19(22-24-25)13-5-7-14(20)8-6-13/h5-11H,3-4,12H2,1-2H3,(H,21,26). The molecule has 28 heavy (non-hydrogen) atoms. The van der Waals surface area contributed by atoms with E-state index in [0.717, 1.165) is 5.56 Å². The number of halogens is 1. The molecule has 0 aliphatic carbocycles. The molecule has 1 N–H and O–H groups in total. The van der Waals surface area contributed by atoms with E-state index in [1.807, 2.05) is 13.8 Å². The average molecular weight is 402 g/mol. The van der Waals surface area contributed by atoms with Gasteiger partial charge in [0.15, 0.2) is 11.5 Å². The molecule has 0 aliphatic rings. The van der Waals surface area contributed by atoms with Gasteiger partial charge in [-0.25, -0.2) is 0 Å². The maximum atomic E-state index is 12.3. The molecule has 1 heterocycles. The van der Waals surface area contributed by atoms with Crippen molar-refractivity contribution in [1.29, 1.82) is 0 Å².